The van der Waals surface area contributed by atoms with Crippen molar-refractivity contribution in [3.05, 3.63) is 53.3 Å². The maximum absolute atomic E-state index is 12.0. The lowest BCUT2D eigenvalue weighted by Crippen LogP contribution is -2.14. The highest BCUT2D eigenvalue weighted by molar-refractivity contribution is 7.99. The molecule has 3 aromatic rings. The molecule has 0 unspecified atom stereocenters. The van der Waals surface area contributed by atoms with Crippen LogP contribution in [-0.2, 0) is 4.79 Å². The van der Waals surface area contributed by atoms with Gasteiger partial charge in [-0.15, -0.1) is 5.10 Å². The van der Waals surface area contributed by atoms with Crippen molar-refractivity contribution in [3.8, 4) is 17.5 Å². The number of thioether (sulfide) groups is 1. The molecule has 0 radical (unpaired) electrons. The van der Waals surface area contributed by atoms with Gasteiger partial charge in [0.1, 0.15) is 6.07 Å². The van der Waals surface area contributed by atoms with Crippen molar-refractivity contribution in [3.63, 3.8) is 0 Å². The molecule has 1 amide bonds. The summed E-state index contributed by atoms with van der Waals surface area (Å²) >= 11 is 7.15. The van der Waals surface area contributed by atoms with Crippen LogP contribution in [0.1, 0.15) is 5.56 Å². The van der Waals surface area contributed by atoms with E-state index in [2.05, 4.69) is 25.5 Å². The van der Waals surface area contributed by atoms with Crippen molar-refractivity contribution in [2.45, 2.75) is 5.16 Å². The van der Waals surface area contributed by atoms with Crippen LogP contribution in [0.15, 0.2) is 47.9 Å². The van der Waals surface area contributed by atoms with E-state index in [9.17, 15) is 4.79 Å². The molecule has 124 valence electrons. The topological polar surface area (TPSA) is 107 Å². The predicted molar refractivity (Wildman–Crippen MR) is 95.1 cm³/mol. The summed E-state index contributed by atoms with van der Waals surface area (Å²) in [6.07, 6.45) is 3.33. The van der Waals surface area contributed by atoms with Crippen LogP contribution in [0.2, 0.25) is 5.02 Å². The summed E-state index contributed by atoms with van der Waals surface area (Å²) in [5, 5.41) is 19.2. The molecule has 2 aromatic heterocycles. The lowest BCUT2D eigenvalue weighted by atomic mass is 10.2. The lowest BCUT2D eigenvalue weighted by molar-refractivity contribution is -0.113. The number of pyridine rings is 1. The lowest BCUT2D eigenvalue weighted by Gasteiger charge is -2.05. The molecular formula is C16H11ClN6OS. The van der Waals surface area contributed by atoms with Crippen LogP contribution >= 0.6 is 23.4 Å². The molecule has 25 heavy (non-hydrogen) atoms. The summed E-state index contributed by atoms with van der Waals surface area (Å²) < 4.78 is 0. The van der Waals surface area contributed by atoms with Gasteiger partial charge in [-0.05, 0) is 30.3 Å². The van der Waals surface area contributed by atoms with Crippen LogP contribution in [0, 0.1) is 11.3 Å². The van der Waals surface area contributed by atoms with Gasteiger partial charge in [0.25, 0.3) is 0 Å². The first-order chi connectivity index (χ1) is 12.2. The van der Waals surface area contributed by atoms with Gasteiger partial charge in [-0.3, -0.25) is 14.9 Å². The number of H-pyrrole nitrogens is 1. The normalized spacial score (nSPS) is 10.2. The highest BCUT2D eigenvalue weighted by atomic mass is 35.5. The molecule has 7 nitrogen and oxygen atoms in total. The van der Waals surface area contributed by atoms with Crippen LogP contribution in [-0.4, -0.2) is 31.8 Å². The van der Waals surface area contributed by atoms with Crippen molar-refractivity contribution < 1.29 is 4.79 Å². The van der Waals surface area contributed by atoms with E-state index in [1.165, 1.54) is 17.8 Å². The van der Waals surface area contributed by atoms with Gasteiger partial charge >= 0.3 is 0 Å². The predicted octanol–water partition coefficient (Wildman–Crippen LogP) is 3.12. The van der Waals surface area contributed by atoms with Crippen LogP contribution in [0.4, 0.5) is 5.69 Å². The van der Waals surface area contributed by atoms with E-state index in [1.54, 1.807) is 24.5 Å². The molecule has 1 aromatic carbocycles. The fraction of sp³-hybridized carbons (Fsp3) is 0.0625. The Balaban J connectivity index is 1.57. The monoisotopic (exact) mass is 370 g/mol. The van der Waals surface area contributed by atoms with E-state index in [-0.39, 0.29) is 11.7 Å². The van der Waals surface area contributed by atoms with Crippen molar-refractivity contribution in [1.29, 1.82) is 5.26 Å². The summed E-state index contributed by atoms with van der Waals surface area (Å²) in [5.41, 5.74) is 1.76. The number of nitrogens with one attached hydrogen (secondary N) is 2. The number of aromatic amines is 1. The van der Waals surface area contributed by atoms with Gasteiger partial charge in [-0.25, -0.2) is 4.98 Å². The average molecular weight is 371 g/mol. The number of rotatable bonds is 5. The Morgan fingerprint density at radius 3 is 2.84 bits per heavy atom. The minimum Gasteiger partial charge on any atom is -0.325 e. The molecule has 0 saturated heterocycles. The number of aromatic nitrogens is 4. The molecule has 0 aliphatic carbocycles. The zero-order valence-electron chi connectivity index (χ0n) is 12.7. The molecule has 9 heteroatoms. The first-order valence-corrected chi connectivity index (χ1v) is 8.47. The highest BCUT2D eigenvalue weighted by Gasteiger charge is 2.10. The number of benzene rings is 1. The van der Waals surface area contributed by atoms with Crippen molar-refractivity contribution >= 4 is 35.0 Å². The van der Waals surface area contributed by atoms with Crippen molar-refractivity contribution in [2.75, 3.05) is 11.1 Å². The summed E-state index contributed by atoms with van der Waals surface area (Å²) in [4.78, 5) is 20.3. The largest absolute Gasteiger partial charge is 0.325 e. The maximum atomic E-state index is 12.0. The summed E-state index contributed by atoms with van der Waals surface area (Å²) in [7, 11) is 0. The van der Waals surface area contributed by atoms with E-state index in [0.29, 0.717) is 27.3 Å². The molecule has 0 aliphatic heterocycles. The van der Waals surface area contributed by atoms with Crippen LogP contribution in [0.3, 0.4) is 0 Å². The highest BCUT2D eigenvalue weighted by Crippen LogP contribution is 2.21. The third-order valence-electron chi connectivity index (χ3n) is 3.12. The van der Waals surface area contributed by atoms with Crippen LogP contribution in [0.25, 0.3) is 11.4 Å². The van der Waals surface area contributed by atoms with Gasteiger partial charge < -0.3 is 5.32 Å². The Morgan fingerprint density at radius 2 is 2.12 bits per heavy atom. The van der Waals surface area contributed by atoms with E-state index < -0.39 is 0 Å². The molecule has 0 aliphatic rings. The first kappa shape index (κ1) is 17.0. The fourth-order valence-corrected chi connectivity index (χ4v) is 2.78. The number of nitrogens with zero attached hydrogens (tertiary/aromatic N) is 4. The number of carbonyl (C=O) groups excluding carboxylic acids is 1. The zero-order valence-corrected chi connectivity index (χ0v) is 14.3. The summed E-state index contributed by atoms with van der Waals surface area (Å²) in [5.74, 6) is 0.538. The average Bonchev–Trinajstić information content (AvgIpc) is 3.10. The number of hydrogen-bond donors (Lipinski definition) is 2. The number of hydrogen-bond acceptors (Lipinski definition) is 6. The Hall–Kier alpha value is -2.89. The van der Waals surface area contributed by atoms with Gasteiger partial charge in [-0.1, -0.05) is 23.4 Å². The van der Waals surface area contributed by atoms with Gasteiger partial charge in [0.2, 0.25) is 11.1 Å². The van der Waals surface area contributed by atoms with Gasteiger partial charge in [0.05, 0.1) is 16.3 Å². The number of nitriles is 1. The molecule has 0 bridgehead atoms. The Bertz CT molecular complexity index is 937. The molecule has 2 N–H and O–H groups in total. The quantitative estimate of drug-likeness (QED) is 0.668. The molecule has 0 saturated carbocycles. The Kier molecular flexibility index (Phi) is 5.28. The zero-order chi connectivity index (χ0) is 17.6. The van der Waals surface area contributed by atoms with E-state index in [4.69, 9.17) is 16.9 Å². The van der Waals surface area contributed by atoms with Crippen molar-refractivity contribution in [1.82, 2.24) is 20.2 Å². The molecule has 0 spiro atoms. The van der Waals surface area contributed by atoms with E-state index in [1.807, 2.05) is 18.2 Å². The number of amides is 1. The first-order valence-electron chi connectivity index (χ1n) is 7.11. The summed E-state index contributed by atoms with van der Waals surface area (Å²) in [6, 6.07) is 10.3. The summed E-state index contributed by atoms with van der Waals surface area (Å²) in [6.45, 7) is 0. The Labute approximate surface area is 152 Å². The van der Waals surface area contributed by atoms with Gasteiger partial charge in [0.15, 0.2) is 5.82 Å². The SMILES string of the molecule is N#Cc1ccc(NC(=O)CSc2n[nH]c(-c3ccncc3)n2)cc1Cl. The molecule has 3 rings (SSSR count). The molecular weight excluding hydrogens is 360 g/mol. The minimum atomic E-state index is -0.221. The molecule has 0 fully saturated rings. The fourth-order valence-electron chi connectivity index (χ4n) is 1.96. The standard InChI is InChI=1S/C16H11ClN6OS/c17-13-7-12(2-1-11(13)8-18)20-14(24)9-25-16-21-15(22-23-16)10-3-5-19-6-4-10/h1-7H,9H2,(H,20,24)(H,21,22,23). The number of carbonyl (C=O) groups is 1. The number of halogens is 1. The van der Waals surface area contributed by atoms with E-state index in [0.717, 1.165) is 5.56 Å². The van der Waals surface area contributed by atoms with Gasteiger partial charge in [-0.2, -0.15) is 5.26 Å². The Morgan fingerprint density at radius 1 is 1.32 bits per heavy atom. The smallest absolute Gasteiger partial charge is 0.234 e. The second-order valence-electron chi connectivity index (χ2n) is 4.85. The minimum absolute atomic E-state index is 0.144. The van der Waals surface area contributed by atoms with E-state index >= 15 is 0 Å². The van der Waals surface area contributed by atoms with Crippen LogP contribution < -0.4 is 5.32 Å². The second-order valence-corrected chi connectivity index (χ2v) is 6.20. The van der Waals surface area contributed by atoms with Gasteiger partial charge in [0, 0.05) is 23.6 Å². The van der Waals surface area contributed by atoms with Crippen LogP contribution in [0.5, 0.6) is 0 Å². The molecule has 0 atom stereocenters. The second kappa shape index (κ2) is 7.79. The third kappa shape index (κ3) is 4.35. The third-order valence-corrected chi connectivity index (χ3v) is 4.28. The maximum Gasteiger partial charge on any atom is 0.234 e. The number of anilines is 1. The molecule has 2 heterocycles. The van der Waals surface area contributed by atoms with Crippen molar-refractivity contribution in [2.24, 2.45) is 0 Å².